The van der Waals surface area contributed by atoms with Crippen LogP contribution in [-0.4, -0.2) is 9.97 Å². The maximum Gasteiger partial charge on any atom is 0.139 e. The number of fused-ring (bicyclic) bond motifs is 1. The van der Waals surface area contributed by atoms with Crippen LogP contribution in [0.1, 0.15) is 0 Å². The molecule has 0 aliphatic rings. The molecule has 1 aromatic heterocycles. The van der Waals surface area contributed by atoms with Crippen molar-refractivity contribution in [3.05, 3.63) is 45.0 Å². The number of nitrogen functional groups attached to an aromatic ring is 1. The molecular formula is C13H9ClIN3. The molecule has 0 saturated heterocycles. The number of aromatic nitrogens is 2. The molecule has 5 heteroatoms. The number of nitrogens with two attached hydrogens (primary N) is 1. The van der Waals surface area contributed by atoms with E-state index in [2.05, 4.69) is 32.6 Å². The van der Waals surface area contributed by atoms with Crippen LogP contribution in [0.2, 0.25) is 5.02 Å². The smallest absolute Gasteiger partial charge is 0.139 e. The molecule has 0 aliphatic heterocycles. The fraction of sp³-hybridized carbons (Fsp3) is 0. The van der Waals surface area contributed by atoms with Crippen LogP contribution < -0.4 is 5.73 Å². The Morgan fingerprint density at radius 3 is 2.83 bits per heavy atom. The van der Waals surface area contributed by atoms with Gasteiger partial charge in [-0.1, -0.05) is 17.7 Å². The molecule has 0 saturated carbocycles. The summed E-state index contributed by atoms with van der Waals surface area (Å²) in [6.45, 7) is 0. The summed E-state index contributed by atoms with van der Waals surface area (Å²) in [4.78, 5) is 7.81. The number of hydrogen-bond acceptors (Lipinski definition) is 2. The van der Waals surface area contributed by atoms with Gasteiger partial charge in [0.25, 0.3) is 0 Å². The van der Waals surface area contributed by atoms with E-state index in [1.165, 1.54) is 0 Å². The third kappa shape index (κ3) is 1.95. The van der Waals surface area contributed by atoms with Gasteiger partial charge in [-0.05, 0) is 52.9 Å². The highest BCUT2D eigenvalue weighted by atomic mass is 127. The number of nitrogens with one attached hydrogen (secondary N) is 1. The monoisotopic (exact) mass is 369 g/mol. The number of para-hydroxylation sites is 1. The van der Waals surface area contributed by atoms with Crippen molar-refractivity contribution < 1.29 is 0 Å². The van der Waals surface area contributed by atoms with E-state index in [9.17, 15) is 0 Å². The lowest BCUT2D eigenvalue weighted by atomic mass is 10.2. The average Bonchev–Trinajstić information content (AvgIpc) is 2.77. The predicted octanol–water partition coefficient (Wildman–Crippen LogP) is 4.07. The second-order valence-corrected chi connectivity index (χ2v) is 5.55. The van der Waals surface area contributed by atoms with Gasteiger partial charge < -0.3 is 10.7 Å². The highest BCUT2D eigenvalue weighted by Gasteiger charge is 2.10. The van der Waals surface area contributed by atoms with E-state index in [1.807, 2.05) is 36.4 Å². The van der Waals surface area contributed by atoms with E-state index in [0.29, 0.717) is 10.7 Å². The quantitative estimate of drug-likeness (QED) is 0.502. The van der Waals surface area contributed by atoms with Crippen LogP contribution in [0, 0.1) is 3.57 Å². The van der Waals surface area contributed by atoms with Crippen LogP contribution in [0.25, 0.3) is 22.4 Å². The second kappa shape index (κ2) is 4.44. The molecule has 0 unspecified atom stereocenters. The van der Waals surface area contributed by atoms with Crippen molar-refractivity contribution in [2.75, 3.05) is 5.73 Å². The summed E-state index contributed by atoms with van der Waals surface area (Å²) >= 11 is 8.29. The van der Waals surface area contributed by atoms with E-state index in [0.717, 1.165) is 26.0 Å². The lowest BCUT2D eigenvalue weighted by Crippen LogP contribution is -1.86. The first-order valence-corrected chi connectivity index (χ1v) is 6.80. The number of H-pyrrole nitrogens is 1. The predicted molar refractivity (Wildman–Crippen MR) is 83.7 cm³/mol. The Hall–Kier alpha value is -1.27. The number of anilines is 1. The average molecular weight is 370 g/mol. The molecule has 0 aliphatic carbocycles. The molecule has 0 bridgehead atoms. The van der Waals surface area contributed by atoms with E-state index >= 15 is 0 Å². The van der Waals surface area contributed by atoms with Gasteiger partial charge in [0.05, 0.1) is 11.2 Å². The lowest BCUT2D eigenvalue weighted by Gasteiger charge is -2.01. The van der Waals surface area contributed by atoms with Crippen molar-refractivity contribution in [2.45, 2.75) is 0 Å². The first kappa shape index (κ1) is 11.8. The highest BCUT2D eigenvalue weighted by Crippen LogP contribution is 2.29. The molecule has 1 heterocycles. The van der Waals surface area contributed by atoms with Crippen molar-refractivity contribution in [1.29, 1.82) is 0 Å². The van der Waals surface area contributed by atoms with Gasteiger partial charge in [-0.2, -0.15) is 0 Å². The van der Waals surface area contributed by atoms with Crippen LogP contribution >= 0.6 is 34.2 Å². The Bertz CT molecular complexity index is 736. The Kier molecular flexibility index (Phi) is 2.91. The van der Waals surface area contributed by atoms with Crippen molar-refractivity contribution in [2.24, 2.45) is 0 Å². The molecule has 0 spiro atoms. The van der Waals surface area contributed by atoms with Crippen LogP contribution in [-0.2, 0) is 0 Å². The normalized spacial score (nSPS) is 11.0. The molecule has 0 atom stereocenters. The van der Waals surface area contributed by atoms with E-state index in [1.54, 1.807) is 0 Å². The number of halogens is 2. The fourth-order valence-corrected chi connectivity index (χ4v) is 2.62. The molecule has 0 fully saturated rings. The standard InChI is InChI=1S/C13H9ClIN3/c14-7-4-5-9(15)8(6-7)13-17-11-3-1-2-10(16)12(11)18-13/h1-6H,16H2,(H,17,18). The number of imidazole rings is 1. The van der Waals surface area contributed by atoms with Crippen molar-refractivity contribution in [3.8, 4) is 11.4 Å². The molecule has 0 radical (unpaired) electrons. The zero-order chi connectivity index (χ0) is 12.7. The molecule has 3 rings (SSSR count). The zero-order valence-corrected chi connectivity index (χ0v) is 12.2. The molecule has 90 valence electrons. The van der Waals surface area contributed by atoms with Crippen molar-refractivity contribution in [3.63, 3.8) is 0 Å². The molecule has 0 amide bonds. The third-order valence-corrected chi connectivity index (χ3v) is 3.90. The van der Waals surface area contributed by atoms with Crippen LogP contribution in [0.5, 0.6) is 0 Å². The minimum Gasteiger partial charge on any atom is -0.397 e. The highest BCUT2D eigenvalue weighted by molar-refractivity contribution is 14.1. The minimum atomic E-state index is 0.673. The molecule has 3 aromatic rings. The van der Waals surface area contributed by atoms with Gasteiger partial charge >= 0.3 is 0 Å². The summed E-state index contributed by atoms with van der Waals surface area (Å²) in [6, 6.07) is 11.4. The summed E-state index contributed by atoms with van der Waals surface area (Å²) < 4.78 is 1.09. The van der Waals surface area contributed by atoms with Crippen LogP contribution in [0.4, 0.5) is 5.69 Å². The van der Waals surface area contributed by atoms with Crippen LogP contribution in [0.3, 0.4) is 0 Å². The molecule has 2 aromatic carbocycles. The summed E-state index contributed by atoms with van der Waals surface area (Å²) in [5, 5.41) is 0.693. The van der Waals surface area contributed by atoms with Gasteiger partial charge in [-0.25, -0.2) is 4.98 Å². The first-order valence-electron chi connectivity index (χ1n) is 5.35. The topological polar surface area (TPSA) is 54.7 Å². The minimum absolute atomic E-state index is 0.673. The van der Waals surface area contributed by atoms with Gasteiger partial charge in [-0.15, -0.1) is 0 Å². The van der Waals surface area contributed by atoms with Crippen molar-refractivity contribution >= 4 is 50.9 Å². The summed E-state index contributed by atoms with van der Waals surface area (Å²) in [6.07, 6.45) is 0. The maximum atomic E-state index is 6.03. The molecule has 3 N–H and O–H groups in total. The molecular weight excluding hydrogens is 361 g/mol. The first-order chi connectivity index (χ1) is 8.65. The van der Waals surface area contributed by atoms with Gasteiger partial charge in [0, 0.05) is 14.2 Å². The largest absolute Gasteiger partial charge is 0.397 e. The zero-order valence-electron chi connectivity index (χ0n) is 9.24. The van der Waals surface area contributed by atoms with Crippen LogP contribution in [0.15, 0.2) is 36.4 Å². The number of aromatic amines is 1. The molecule has 18 heavy (non-hydrogen) atoms. The number of hydrogen-bond donors (Lipinski definition) is 2. The number of benzene rings is 2. The van der Waals surface area contributed by atoms with E-state index < -0.39 is 0 Å². The van der Waals surface area contributed by atoms with E-state index in [-0.39, 0.29) is 0 Å². The third-order valence-electron chi connectivity index (χ3n) is 2.73. The summed E-state index contributed by atoms with van der Waals surface area (Å²) in [5.74, 6) is 0.787. The summed E-state index contributed by atoms with van der Waals surface area (Å²) in [5.41, 5.74) is 9.29. The maximum absolute atomic E-state index is 6.03. The lowest BCUT2D eigenvalue weighted by molar-refractivity contribution is 1.33. The second-order valence-electron chi connectivity index (χ2n) is 3.95. The van der Waals surface area contributed by atoms with Gasteiger partial charge in [0.15, 0.2) is 0 Å². The number of nitrogens with zero attached hydrogens (tertiary/aromatic N) is 1. The van der Waals surface area contributed by atoms with Gasteiger partial charge in [0.2, 0.25) is 0 Å². The SMILES string of the molecule is Nc1cccc2[nH]c(-c3cc(Cl)ccc3I)nc12. The van der Waals surface area contributed by atoms with Crippen molar-refractivity contribution in [1.82, 2.24) is 9.97 Å². The number of rotatable bonds is 1. The van der Waals surface area contributed by atoms with E-state index in [4.69, 9.17) is 17.3 Å². The molecule has 3 nitrogen and oxygen atoms in total. The van der Waals surface area contributed by atoms with Gasteiger partial charge in [-0.3, -0.25) is 0 Å². The Balaban J connectivity index is 2.26. The fourth-order valence-electron chi connectivity index (χ4n) is 1.86. The summed E-state index contributed by atoms with van der Waals surface area (Å²) in [7, 11) is 0. The van der Waals surface area contributed by atoms with Gasteiger partial charge in [0.1, 0.15) is 11.3 Å². The Labute approximate surface area is 123 Å². The Morgan fingerprint density at radius 1 is 1.22 bits per heavy atom. The Morgan fingerprint density at radius 2 is 2.06 bits per heavy atom.